The van der Waals surface area contributed by atoms with Crippen LogP contribution in [0, 0.1) is 0 Å². The zero-order valence-corrected chi connectivity index (χ0v) is 13.5. The van der Waals surface area contributed by atoms with Crippen molar-refractivity contribution >= 4 is 28.4 Å². The molecule has 0 spiro atoms. The average molecular weight is 337 g/mol. The zero-order chi connectivity index (χ0) is 15.0. The number of ether oxygens (including phenoxy) is 1. The van der Waals surface area contributed by atoms with Gasteiger partial charge in [0.1, 0.15) is 0 Å². The number of nitrogens with two attached hydrogens (primary N) is 1. The number of methoxy groups -OCH3 is 1. The van der Waals surface area contributed by atoms with E-state index in [1.54, 1.807) is 24.3 Å². The van der Waals surface area contributed by atoms with Crippen LogP contribution in [-0.2, 0) is 20.5 Å². The van der Waals surface area contributed by atoms with Crippen molar-refractivity contribution in [1.29, 1.82) is 0 Å². The van der Waals surface area contributed by atoms with Crippen LogP contribution in [-0.4, -0.2) is 34.6 Å². The van der Waals surface area contributed by atoms with E-state index in [-0.39, 0.29) is 23.7 Å². The molecule has 0 radical (unpaired) electrons. The summed E-state index contributed by atoms with van der Waals surface area (Å²) in [4.78, 5) is 11.6. The van der Waals surface area contributed by atoms with E-state index in [1.807, 2.05) is 0 Å². The SMILES string of the molecule is COC(=O)c1ccccc1CS(=O)(=O)NCCCCN.Cl. The van der Waals surface area contributed by atoms with Gasteiger partial charge >= 0.3 is 5.97 Å². The van der Waals surface area contributed by atoms with E-state index in [1.165, 1.54) is 7.11 Å². The van der Waals surface area contributed by atoms with Crippen LogP contribution in [0.3, 0.4) is 0 Å². The van der Waals surface area contributed by atoms with Gasteiger partial charge in [0.25, 0.3) is 0 Å². The number of hydrogen-bond acceptors (Lipinski definition) is 5. The van der Waals surface area contributed by atoms with Gasteiger partial charge in [0, 0.05) is 6.54 Å². The smallest absolute Gasteiger partial charge is 0.338 e. The Hall–Kier alpha value is -1.15. The molecule has 0 bridgehead atoms. The number of halogens is 1. The Balaban J connectivity index is 0.00000400. The standard InChI is InChI=1S/C13H20N2O4S.ClH/c1-19-13(16)12-7-3-2-6-11(12)10-20(17,18)15-9-5-4-8-14;/h2-3,6-7,15H,4-5,8-10,14H2,1H3;1H. The average Bonchev–Trinajstić information content (AvgIpc) is 2.43. The van der Waals surface area contributed by atoms with Crippen molar-refractivity contribution in [1.82, 2.24) is 4.72 Å². The number of nitrogens with one attached hydrogen (secondary N) is 1. The highest BCUT2D eigenvalue weighted by molar-refractivity contribution is 7.88. The largest absolute Gasteiger partial charge is 0.465 e. The molecule has 1 aromatic rings. The highest BCUT2D eigenvalue weighted by Gasteiger charge is 2.17. The van der Waals surface area contributed by atoms with Gasteiger partial charge < -0.3 is 10.5 Å². The lowest BCUT2D eigenvalue weighted by Crippen LogP contribution is -2.27. The summed E-state index contributed by atoms with van der Waals surface area (Å²) in [7, 11) is -2.22. The topological polar surface area (TPSA) is 98.5 Å². The van der Waals surface area contributed by atoms with Crippen LogP contribution in [0.15, 0.2) is 24.3 Å². The molecule has 0 aliphatic rings. The Morgan fingerprint density at radius 2 is 1.95 bits per heavy atom. The van der Waals surface area contributed by atoms with Gasteiger partial charge in [-0.3, -0.25) is 0 Å². The van der Waals surface area contributed by atoms with E-state index in [0.717, 1.165) is 6.42 Å². The summed E-state index contributed by atoms with van der Waals surface area (Å²) in [6.45, 7) is 0.882. The second kappa shape index (κ2) is 9.73. The number of sulfonamides is 1. The van der Waals surface area contributed by atoms with Crippen LogP contribution < -0.4 is 10.5 Å². The molecule has 0 aliphatic carbocycles. The number of hydrogen-bond donors (Lipinski definition) is 2. The Labute approximate surface area is 131 Å². The van der Waals surface area contributed by atoms with Gasteiger partial charge in [0.05, 0.1) is 18.4 Å². The molecule has 0 aliphatic heterocycles. The van der Waals surface area contributed by atoms with Crippen LogP contribution in [0.4, 0.5) is 0 Å². The number of benzene rings is 1. The summed E-state index contributed by atoms with van der Waals surface area (Å²) in [6, 6.07) is 6.50. The van der Waals surface area contributed by atoms with Crippen molar-refractivity contribution in [2.45, 2.75) is 18.6 Å². The van der Waals surface area contributed by atoms with E-state index in [2.05, 4.69) is 9.46 Å². The molecule has 1 aromatic carbocycles. The Bertz CT molecular complexity index is 549. The maximum absolute atomic E-state index is 11.9. The van der Waals surface area contributed by atoms with E-state index in [9.17, 15) is 13.2 Å². The summed E-state index contributed by atoms with van der Waals surface area (Å²) in [5, 5.41) is 0. The van der Waals surface area contributed by atoms with Crippen molar-refractivity contribution in [3.8, 4) is 0 Å². The van der Waals surface area contributed by atoms with Crippen LogP contribution in [0.1, 0.15) is 28.8 Å². The number of rotatable bonds is 8. The van der Waals surface area contributed by atoms with Gasteiger partial charge in [0.2, 0.25) is 10.0 Å². The molecule has 21 heavy (non-hydrogen) atoms. The first kappa shape index (κ1) is 19.9. The van der Waals surface area contributed by atoms with Crippen molar-refractivity contribution < 1.29 is 17.9 Å². The lowest BCUT2D eigenvalue weighted by atomic mass is 10.1. The fourth-order valence-electron chi connectivity index (χ4n) is 1.71. The highest BCUT2D eigenvalue weighted by atomic mass is 35.5. The molecule has 0 unspecified atom stereocenters. The van der Waals surface area contributed by atoms with E-state index in [0.29, 0.717) is 25.1 Å². The first-order valence-electron chi connectivity index (χ1n) is 6.34. The van der Waals surface area contributed by atoms with E-state index < -0.39 is 16.0 Å². The molecule has 1 rings (SSSR count). The lowest BCUT2D eigenvalue weighted by molar-refractivity contribution is 0.0600. The first-order chi connectivity index (χ1) is 9.50. The predicted octanol–water partition coefficient (Wildman–Crippen LogP) is 1.05. The molecule has 0 heterocycles. The maximum atomic E-state index is 11.9. The van der Waals surface area contributed by atoms with E-state index >= 15 is 0 Å². The molecule has 6 nitrogen and oxygen atoms in total. The van der Waals surface area contributed by atoms with Gasteiger partial charge in [-0.15, -0.1) is 12.4 Å². The molecular weight excluding hydrogens is 316 g/mol. The van der Waals surface area contributed by atoms with Gasteiger partial charge in [-0.05, 0) is 31.0 Å². The van der Waals surface area contributed by atoms with Crippen LogP contribution in [0.25, 0.3) is 0 Å². The molecule has 0 fully saturated rings. The number of esters is 1. The third-order valence-corrected chi connectivity index (χ3v) is 4.06. The second-order valence-electron chi connectivity index (χ2n) is 4.30. The number of carbonyl (C=O) groups excluding carboxylic acids is 1. The van der Waals surface area contributed by atoms with E-state index in [4.69, 9.17) is 5.73 Å². The number of carbonyl (C=O) groups is 1. The Kier molecular flexibility index (Phi) is 9.19. The number of unbranched alkanes of at least 4 members (excludes halogenated alkanes) is 1. The fourth-order valence-corrected chi connectivity index (χ4v) is 2.93. The van der Waals surface area contributed by atoms with Crippen molar-refractivity contribution in [2.24, 2.45) is 5.73 Å². The predicted molar refractivity (Wildman–Crippen MR) is 83.9 cm³/mol. The molecule has 3 N–H and O–H groups in total. The summed E-state index contributed by atoms with van der Waals surface area (Å²) in [5.41, 5.74) is 6.03. The molecule has 0 saturated heterocycles. The van der Waals surface area contributed by atoms with Crippen LogP contribution >= 0.6 is 12.4 Å². The third-order valence-electron chi connectivity index (χ3n) is 2.72. The van der Waals surface area contributed by atoms with Gasteiger partial charge in [-0.25, -0.2) is 17.9 Å². The minimum Gasteiger partial charge on any atom is -0.465 e. The quantitative estimate of drug-likeness (QED) is 0.546. The lowest BCUT2D eigenvalue weighted by Gasteiger charge is -2.09. The van der Waals surface area contributed by atoms with Gasteiger partial charge in [0.15, 0.2) is 0 Å². The third kappa shape index (κ3) is 6.90. The highest BCUT2D eigenvalue weighted by Crippen LogP contribution is 2.13. The van der Waals surface area contributed by atoms with Crippen LogP contribution in [0.2, 0.25) is 0 Å². The molecule has 0 saturated carbocycles. The molecule has 8 heteroatoms. The second-order valence-corrected chi connectivity index (χ2v) is 6.10. The first-order valence-corrected chi connectivity index (χ1v) is 7.99. The fraction of sp³-hybridized carbons (Fsp3) is 0.462. The van der Waals surface area contributed by atoms with Crippen molar-refractivity contribution in [3.63, 3.8) is 0 Å². The Morgan fingerprint density at radius 3 is 2.57 bits per heavy atom. The summed E-state index contributed by atoms with van der Waals surface area (Å²) < 4.78 is 31.0. The molecule has 0 atom stereocenters. The minimum atomic E-state index is -3.48. The normalized spacial score (nSPS) is 10.8. The monoisotopic (exact) mass is 336 g/mol. The van der Waals surface area contributed by atoms with Gasteiger partial charge in [-0.2, -0.15) is 0 Å². The maximum Gasteiger partial charge on any atom is 0.338 e. The molecule has 0 amide bonds. The summed E-state index contributed by atoms with van der Waals surface area (Å²) in [6.07, 6.45) is 1.45. The minimum absolute atomic E-state index is 0. The summed E-state index contributed by atoms with van der Waals surface area (Å²) in [5.74, 6) is -0.792. The molecule has 0 aromatic heterocycles. The Morgan fingerprint density at radius 1 is 1.29 bits per heavy atom. The summed E-state index contributed by atoms with van der Waals surface area (Å²) >= 11 is 0. The van der Waals surface area contributed by atoms with Crippen molar-refractivity contribution in [3.05, 3.63) is 35.4 Å². The zero-order valence-electron chi connectivity index (χ0n) is 11.9. The molecule has 120 valence electrons. The molecular formula is C13H21ClN2O4S. The van der Waals surface area contributed by atoms with Gasteiger partial charge in [-0.1, -0.05) is 18.2 Å². The van der Waals surface area contributed by atoms with Crippen molar-refractivity contribution in [2.75, 3.05) is 20.2 Å². The van der Waals surface area contributed by atoms with Crippen LogP contribution in [0.5, 0.6) is 0 Å².